The molecule has 1 aliphatic rings. The van der Waals surface area contributed by atoms with Crippen molar-refractivity contribution in [1.29, 1.82) is 0 Å². The third kappa shape index (κ3) is 10.4. The van der Waals surface area contributed by atoms with Crippen LogP contribution in [0.3, 0.4) is 0 Å². The van der Waals surface area contributed by atoms with Crippen LogP contribution in [0.5, 0.6) is 0 Å². The van der Waals surface area contributed by atoms with E-state index in [0.29, 0.717) is 0 Å². The molecule has 4 aromatic carbocycles. The smallest absolute Gasteiger partial charge is 0.358 e. The van der Waals surface area contributed by atoms with Crippen LogP contribution in [0.2, 0.25) is 18.1 Å². The van der Waals surface area contributed by atoms with Crippen LogP contribution < -0.4 is 15.9 Å². The van der Waals surface area contributed by atoms with E-state index in [0.717, 1.165) is 15.9 Å². The number of hydrogen-bond donors (Lipinski definition) is 0. The van der Waals surface area contributed by atoms with Gasteiger partial charge in [0.15, 0.2) is 14.1 Å². The quantitative estimate of drug-likeness (QED) is 0.0306. The van der Waals surface area contributed by atoms with Crippen LogP contribution >= 0.6 is 6.89 Å². The van der Waals surface area contributed by atoms with Gasteiger partial charge in [0.25, 0.3) is 0 Å². The van der Waals surface area contributed by atoms with E-state index in [1.165, 1.54) is 11.0 Å². The minimum absolute atomic E-state index is 0.0361. The fourth-order valence-electron chi connectivity index (χ4n) is 7.32. The molecule has 1 heterocycles. The zero-order valence-corrected chi connectivity index (χ0v) is 40.1. The molecule has 1 aliphatic heterocycles. The summed E-state index contributed by atoms with van der Waals surface area (Å²) in [5.41, 5.74) is -1.14. The Kier molecular flexibility index (Phi) is 14.5. The van der Waals surface area contributed by atoms with E-state index in [2.05, 4.69) is 33.9 Å². The zero-order valence-electron chi connectivity index (χ0n) is 38.2. The topological polar surface area (TPSA) is 126 Å². The first-order valence-corrected chi connectivity index (χ1v) is 25.7. The third-order valence-electron chi connectivity index (χ3n) is 11.4. The number of carbonyl (C=O) groups excluding carboxylic acids is 5. The Bertz CT molecular complexity index is 2220. The van der Waals surface area contributed by atoms with Gasteiger partial charge in [-0.05, 0) is 94.6 Å². The molecule has 3 unspecified atom stereocenters. The highest BCUT2D eigenvalue weighted by Crippen LogP contribution is 2.51. The standard InChI is InChI=1S/C50H62NO9PSi/c1-34(60-62(11,12)50(8,9)10)42-40(32-41(52)35-23-22-24-36(31-35)45(54)59-49(5,6)7)51(43(42)53)44(46(55)57-33-58-47(56)48(2,3)4)61(37-25-16-13-17-26-37,38-27-18-14-19-28-38)39-29-20-15-21-30-39/h13-31,34,40,42H,32-33H2,1-12H3. The van der Waals surface area contributed by atoms with Crippen LogP contribution in [-0.2, 0) is 33.0 Å². The van der Waals surface area contributed by atoms with Crippen LogP contribution in [0.25, 0.3) is 0 Å². The number of benzene rings is 4. The molecule has 10 nitrogen and oxygen atoms in total. The summed E-state index contributed by atoms with van der Waals surface area (Å²) >= 11 is 0. The lowest BCUT2D eigenvalue weighted by atomic mass is 9.79. The zero-order chi connectivity index (χ0) is 45.8. The average molecular weight is 880 g/mol. The van der Waals surface area contributed by atoms with Crippen molar-refractivity contribution < 1.29 is 42.6 Å². The number of rotatable bonds is 14. The number of amides is 1. The predicted molar refractivity (Wildman–Crippen MR) is 249 cm³/mol. The summed E-state index contributed by atoms with van der Waals surface area (Å²) in [5.74, 6) is -3.61. The summed E-state index contributed by atoms with van der Waals surface area (Å²) in [4.78, 5) is 72.9. The summed E-state index contributed by atoms with van der Waals surface area (Å²) < 4.78 is 23.9. The van der Waals surface area contributed by atoms with Crippen molar-refractivity contribution in [2.24, 2.45) is 11.3 Å². The second-order valence-electron chi connectivity index (χ2n) is 19.3. The Hall–Kier alpha value is -5.09. The number of nitrogens with zero attached hydrogens (tertiary/aromatic N) is 1. The van der Waals surface area contributed by atoms with E-state index in [1.54, 1.807) is 59.7 Å². The van der Waals surface area contributed by atoms with Crippen LogP contribution in [0.4, 0.5) is 0 Å². The molecule has 330 valence electrons. The van der Waals surface area contributed by atoms with Crippen molar-refractivity contribution in [1.82, 2.24) is 4.90 Å². The molecule has 1 saturated heterocycles. The van der Waals surface area contributed by atoms with Gasteiger partial charge >= 0.3 is 17.9 Å². The van der Waals surface area contributed by atoms with Gasteiger partial charge in [0.05, 0.1) is 29.0 Å². The lowest BCUT2D eigenvalue weighted by Crippen LogP contribution is -2.69. The second kappa shape index (κ2) is 18.7. The van der Waals surface area contributed by atoms with Gasteiger partial charge in [-0.1, -0.05) is 124 Å². The van der Waals surface area contributed by atoms with Gasteiger partial charge in [0.1, 0.15) is 11.0 Å². The monoisotopic (exact) mass is 879 g/mol. The highest BCUT2D eigenvalue weighted by molar-refractivity contribution is 7.96. The maximum Gasteiger partial charge on any atom is 0.358 e. The Labute approximate surface area is 368 Å². The first kappa shape index (κ1) is 47.9. The average Bonchev–Trinajstić information content (AvgIpc) is 3.20. The minimum atomic E-state index is -3.39. The van der Waals surface area contributed by atoms with Crippen molar-refractivity contribution in [2.75, 3.05) is 6.79 Å². The number of Topliss-reactive ketones (excluding diaryl/α,β-unsaturated/α-hetero) is 1. The van der Waals surface area contributed by atoms with Gasteiger partial charge in [0.2, 0.25) is 12.7 Å². The second-order valence-corrected chi connectivity index (χ2v) is 27.4. The highest BCUT2D eigenvalue weighted by Gasteiger charge is 2.57. The Morgan fingerprint density at radius 3 is 1.63 bits per heavy atom. The largest absolute Gasteiger partial charge is 0.456 e. The molecule has 0 saturated carbocycles. The minimum Gasteiger partial charge on any atom is -0.456 e. The number of ether oxygens (including phenoxy) is 3. The van der Waals surface area contributed by atoms with E-state index in [-0.39, 0.29) is 33.8 Å². The number of ketones is 1. The van der Waals surface area contributed by atoms with Crippen LogP contribution in [0.15, 0.2) is 115 Å². The van der Waals surface area contributed by atoms with Crippen molar-refractivity contribution in [3.8, 4) is 0 Å². The Morgan fingerprint density at radius 1 is 0.694 bits per heavy atom. The molecule has 0 radical (unpaired) electrons. The summed E-state index contributed by atoms with van der Waals surface area (Å²) in [6, 6.07) is 34.1. The first-order valence-electron chi connectivity index (χ1n) is 21.1. The molecule has 0 aromatic heterocycles. The van der Waals surface area contributed by atoms with Gasteiger partial charge in [-0.15, -0.1) is 0 Å². The van der Waals surface area contributed by atoms with E-state index < -0.39 is 74.9 Å². The Balaban J connectivity index is 1.80. The molecule has 12 heteroatoms. The summed E-state index contributed by atoms with van der Waals surface area (Å²) in [5, 5.41) is 2.08. The van der Waals surface area contributed by atoms with Gasteiger partial charge < -0.3 is 23.5 Å². The summed E-state index contributed by atoms with van der Waals surface area (Å²) in [7, 11) is -2.47. The first-order chi connectivity index (χ1) is 28.9. The SMILES string of the molecule is CC(O[Si](C)(C)C(C)(C)C)C1C(=O)N(C(C(=O)OCOC(=O)C(C)(C)C)=P(c2ccccc2)(c2ccccc2)c2ccccc2)C1CC(=O)c1cccc(C(=O)OC(C)(C)C)c1. The number of hydrogen-bond acceptors (Lipinski definition) is 9. The van der Waals surface area contributed by atoms with Crippen molar-refractivity contribution in [2.45, 2.75) is 112 Å². The molecule has 1 amide bonds. The molecule has 5 rings (SSSR count). The Morgan fingerprint density at radius 2 is 1.18 bits per heavy atom. The number of likely N-dealkylation sites (tertiary alicyclic amines) is 1. The highest BCUT2D eigenvalue weighted by atomic mass is 31.2. The normalized spacial score (nSPS) is 16.5. The van der Waals surface area contributed by atoms with Gasteiger partial charge in [-0.3, -0.25) is 14.4 Å². The molecule has 0 N–H and O–H groups in total. The van der Waals surface area contributed by atoms with Crippen LogP contribution in [0.1, 0.15) is 96.4 Å². The van der Waals surface area contributed by atoms with E-state index in [9.17, 15) is 14.4 Å². The fraction of sp³-hybridized carbons (Fsp3) is 0.400. The van der Waals surface area contributed by atoms with E-state index in [1.807, 2.05) is 97.9 Å². The van der Waals surface area contributed by atoms with Crippen LogP contribution in [0, 0.1) is 11.3 Å². The molecule has 3 atom stereocenters. The van der Waals surface area contributed by atoms with Gasteiger partial charge in [-0.2, -0.15) is 0 Å². The van der Waals surface area contributed by atoms with Crippen molar-refractivity contribution in [3.05, 3.63) is 126 Å². The molecular weight excluding hydrogens is 818 g/mol. The molecule has 1 fully saturated rings. The lowest BCUT2D eigenvalue weighted by Gasteiger charge is -2.53. The summed E-state index contributed by atoms with van der Waals surface area (Å²) in [6.07, 6.45) is -0.860. The number of β-lactam (4-membered cyclic amide) rings is 1. The van der Waals surface area contributed by atoms with E-state index >= 15 is 9.59 Å². The number of esters is 3. The molecule has 62 heavy (non-hydrogen) atoms. The lowest BCUT2D eigenvalue weighted by molar-refractivity contribution is -0.171. The fourth-order valence-corrected chi connectivity index (χ4v) is 13.1. The summed E-state index contributed by atoms with van der Waals surface area (Å²) in [6.45, 7) is 18.7. The molecular formula is C50H62NO9PSi. The molecule has 0 aliphatic carbocycles. The maximum absolute atomic E-state index is 15.3. The molecule has 0 spiro atoms. The number of carbonyl (C=O) groups is 5. The molecule has 0 bridgehead atoms. The van der Waals surface area contributed by atoms with Gasteiger partial charge in [-0.25, -0.2) is 9.59 Å². The van der Waals surface area contributed by atoms with Gasteiger partial charge in [0, 0.05) is 18.9 Å². The van der Waals surface area contributed by atoms with Crippen molar-refractivity contribution in [3.63, 3.8) is 0 Å². The maximum atomic E-state index is 15.3. The van der Waals surface area contributed by atoms with Crippen LogP contribution in [-0.4, -0.2) is 72.8 Å². The predicted octanol–water partition coefficient (Wildman–Crippen LogP) is 8.67. The third-order valence-corrected chi connectivity index (χ3v) is 20.3. The van der Waals surface area contributed by atoms with Crippen molar-refractivity contribution >= 4 is 66.1 Å². The van der Waals surface area contributed by atoms with E-state index in [4.69, 9.17) is 18.6 Å². The molecule has 4 aromatic rings.